The van der Waals surface area contributed by atoms with Crippen LogP contribution in [0.3, 0.4) is 0 Å². The minimum atomic E-state index is -4.53. The number of hydrogen-bond donors (Lipinski definition) is 1. The third-order valence-corrected chi connectivity index (χ3v) is 5.29. The predicted molar refractivity (Wildman–Crippen MR) is 78.3 cm³/mol. The van der Waals surface area contributed by atoms with Gasteiger partial charge in [-0.15, -0.1) is 0 Å². The monoisotopic (exact) mass is 318 g/mol. The van der Waals surface area contributed by atoms with Crippen molar-refractivity contribution in [2.75, 3.05) is 11.4 Å². The molecule has 0 spiro atoms. The van der Waals surface area contributed by atoms with E-state index >= 15 is 0 Å². The van der Waals surface area contributed by atoms with E-state index in [-0.39, 0.29) is 17.0 Å². The molecule has 1 aromatic rings. The van der Waals surface area contributed by atoms with E-state index in [2.05, 4.69) is 4.90 Å². The number of piperidine rings is 1. The average Bonchev–Trinajstić information content (AvgIpc) is 2.47. The van der Waals surface area contributed by atoms with Crippen molar-refractivity contribution in [1.82, 2.24) is 0 Å². The van der Waals surface area contributed by atoms with Gasteiger partial charge in [-0.05, 0) is 50.5 Å². The predicted octanol–water partition coefficient (Wildman–Crippen LogP) is 2.39. The summed E-state index contributed by atoms with van der Waals surface area (Å²) >= 11 is 0. The van der Waals surface area contributed by atoms with Crippen LogP contribution in [0.5, 0.6) is 0 Å². The molecule has 0 amide bonds. The number of nitrogens with two attached hydrogens (primary N) is 1. The van der Waals surface area contributed by atoms with Crippen molar-refractivity contribution in [3.05, 3.63) is 24.3 Å². The summed E-state index contributed by atoms with van der Waals surface area (Å²) in [6, 6.07) is 5.82. The molecular weight excluding hydrogens is 298 g/mol. The molecule has 2 N–H and O–H groups in total. The van der Waals surface area contributed by atoms with Gasteiger partial charge in [-0.1, -0.05) is 0 Å². The van der Waals surface area contributed by atoms with Crippen LogP contribution in [0.2, 0.25) is 0 Å². The summed E-state index contributed by atoms with van der Waals surface area (Å²) in [6.07, 6.45) is 3.13. The summed E-state index contributed by atoms with van der Waals surface area (Å²) in [5.74, 6) is -3.39. The molecule has 1 saturated heterocycles. The van der Waals surface area contributed by atoms with Gasteiger partial charge < -0.3 is 10.6 Å². The Bertz CT molecular complexity index is 573. The Labute approximate surface area is 123 Å². The van der Waals surface area contributed by atoms with Crippen LogP contribution in [0.15, 0.2) is 29.2 Å². The molecule has 2 unspecified atom stereocenters. The zero-order valence-corrected chi connectivity index (χ0v) is 12.7. The first kappa shape index (κ1) is 16.2. The molecule has 1 fully saturated rings. The number of rotatable bonds is 4. The highest BCUT2D eigenvalue weighted by atomic mass is 32.2. The first-order valence-electron chi connectivity index (χ1n) is 6.98. The molecule has 1 heterocycles. The molecule has 7 heteroatoms. The highest BCUT2D eigenvalue weighted by molar-refractivity contribution is 7.91. The maximum absolute atomic E-state index is 12.5. The normalized spacial score (nSPS) is 21.6. The second kappa shape index (κ2) is 6.27. The second-order valence-corrected chi connectivity index (χ2v) is 7.33. The average molecular weight is 318 g/mol. The fourth-order valence-corrected chi connectivity index (χ4v) is 3.48. The summed E-state index contributed by atoms with van der Waals surface area (Å²) < 4.78 is 47.8. The van der Waals surface area contributed by atoms with Crippen molar-refractivity contribution in [2.45, 2.75) is 48.9 Å². The van der Waals surface area contributed by atoms with Gasteiger partial charge in [-0.2, -0.15) is 8.78 Å². The molecule has 21 heavy (non-hydrogen) atoms. The number of alkyl halides is 2. The lowest BCUT2D eigenvalue weighted by atomic mass is 9.96. The molecule has 0 saturated carbocycles. The minimum Gasteiger partial charge on any atom is -0.367 e. The third-order valence-electron chi connectivity index (χ3n) is 3.89. The smallest absolute Gasteiger partial charge is 0.341 e. The Morgan fingerprint density at radius 2 is 1.86 bits per heavy atom. The van der Waals surface area contributed by atoms with Crippen LogP contribution in [0.4, 0.5) is 14.5 Å². The van der Waals surface area contributed by atoms with E-state index in [9.17, 15) is 17.2 Å². The molecule has 2 atom stereocenters. The fraction of sp³-hybridized carbons (Fsp3) is 0.571. The number of sulfone groups is 1. The summed E-state index contributed by atoms with van der Waals surface area (Å²) in [4.78, 5) is 1.78. The molecule has 1 aliphatic rings. The van der Waals surface area contributed by atoms with Crippen molar-refractivity contribution < 1.29 is 17.2 Å². The Balaban J connectivity index is 2.26. The zero-order valence-electron chi connectivity index (χ0n) is 11.9. The van der Waals surface area contributed by atoms with Gasteiger partial charge in [0, 0.05) is 24.3 Å². The van der Waals surface area contributed by atoms with Crippen molar-refractivity contribution in [2.24, 2.45) is 5.73 Å². The van der Waals surface area contributed by atoms with Crippen LogP contribution in [0.25, 0.3) is 0 Å². The number of anilines is 1. The first-order chi connectivity index (χ1) is 9.84. The summed E-state index contributed by atoms with van der Waals surface area (Å²) in [6.45, 7) is 2.78. The van der Waals surface area contributed by atoms with E-state index in [4.69, 9.17) is 5.73 Å². The van der Waals surface area contributed by atoms with E-state index in [1.54, 1.807) is 12.1 Å². The molecule has 0 aromatic heterocycles. The van der Waals surface area contributed by atoms with Crippen molar-refractivity contribution in [1.29, 1.82) is 0 Å². The van der Waals surface area contributed by atoms with Crippen LogP contribution >= 0.6 is 0 Å². The van der Waals surface area contributed by atoms with Gasteiger partial charge in [0.25, 0.3) is 0 Å². The lowest BCUT2D eigenvalue weighted by Crippen LogP contribution is -2.49. The van der Waals surface area contributed by atoms with Gasteiger partial charge in [0.05, 0.1) is 4.90 Å². The highest BCUT2D eigenvalue weighted by Gasteiger charge is 2.28. The maximum atomic E-state index is 12.5. The van der Waals surface area contributed by atoms with Crippen LogP contribution < -0.4 is 10.6 Å². The number of halogens is 2. The summed E-state index contributed by atoms with van der Waals surface area (Å²) in [5.41, 5.74) is 6.82. The molecule has 2 rings (SSSR count). The second-order valence-electron chi connectivity index (χ2n) is 5.42. The molecule has 1 aliphatic heterocycles. The summed E-state index contributed by atoms with van der Waals surface area (Å²) in [7, 11) is -4.53. The molecular formula is C14H20F2N2O2S. The molecule has 118 valence electrons. The molecule has 1 aromatic carbocycles. The maximum Gasteiger partial charge on any atom is 0.341 e. The topological polar surface area (TPSA) is 63.4 Å². The van der Waals surface area contributed by atoms with Crippen LogP contribution in [0, 0.1) is 0 Å². The largest absolute Gasteiger partial charge is 0.367 e. The summed E-state index contributed by atoms with van der Waals surface area (Å²) in [5, 5.41) is 0. The fourth-order valence-electron chi connectivity index (χ4n) is 2.75. The SMILES string of the molecule is CC(N)C1CCCCN1c1ccc(S(=O)(=O)C(F)F)cc1. The number of nitrogens with zero attached hydrogens (tertiary/aromatic N) is 1. The van der Waals surface area contributed by atoms with Crippen molar-refractivity contribution in [3.8, 4) is 0 Å². The van der Waals surface area contributed by atoms with Crippen molar-refractivity contribution in [3.63, 3.8) is 0 Å². The number of hydrogen-bond acceptors (Lipinski definition) is 4. The van der Waals surface area contributed by atoms with E-state index < -0.39 is 15.6 Å². The first-order valence-corrected chi connectivity index (χ1v) is 8.53. The Morgan fingerprint density at radius 1 is 1.24 bits per heavy atom. The van der Waals surface area contributed by atoms with Crippen LogP contribution in [-0.2, 0) is 9.84 Å². The van der Waals surface area contributed by atoms with Crippen LogP contribution in [-0.4, -0.2) is 32.8 Å². The lowest BCUT2D eigenvalue weighted by molar-refractivity contribution is 0.234. The van der Waals surface area contributed by atoms with Gasteiger partial charge in [0.1, 0.15) is 0 Å². The van der Waals surface area contributed by atoms with E-state index in [0.29, 0.717) is 0 Å². The zero-order chi connectivity index (χ0) is 15.6. The molecule has 0 bridgehead atoms. The quantitative estimate of drug-likeness (QED) is 0.926. The van der Waals surface area contributed by atoms with E-state index in [1.165, 1.54) is 12.1 Å². The highest BCUT2D eigenvalue weighted by Crippen LogP contribution is 2.28. The Kier molecular flexibility index (Phi) is 4.83. The Morgan fingerprint density at radius 3 is 2.38 bits per heavy atom. The van der Waals surface area contributed by atoms with E-state index in [1.807, 2.05) is 6.92 Å². The minimum absolute atomic E-state index is 0.00484. The van der Waals surface area contributed by atoms with Gasteiger partial charge >= 0.3 is 5.76 Å². The van der Waals surface area contributed by atoms with Gasteiger partial charge in [0.15, 0.2) is 0 Å². The van der Waals surface area contributed by atoms with Gasteiger partial charge in [0.2, 0.25) is 9.84 Å². The van der Waals surface area contributed by atoms with E-state index in [0.717, 1.165) is 31.5 Å². The molecule has 0 radical (unpaired) electrons. The molecule has 4 nitrogen and oxygen atoms in total. The van der Waals surface area contributed by atoms with Gasteiger partial charge in [-0.3, -0.25) is 0 Å². The van der Waals surface area contributed by atoms with Crippen LogP contribution in [0.1, 0.15) is 26.2 Å². The standard InChI is InChI=1S/C14H20F2N2O2S/c1-10(17)13-4-2-3-9-18(13)11-5-7-12(8-6-11)21(19,20)14(15)16/h5-8,10,13-14H,2-4,9,17H2,1H3. The third kappa shape index (κ3) is 3.35. The van der Waals surface area contributed by atoms with Crippen molar-refractivity contribution >= 4 is 15.5 Å². The van der Waals surface area contributed by atoms with Gasteiger partial charge in [-0.25, -0.2) is 8.42 Å². The lowest BCUT2D eigenvalue weighted by Gasteiger charge is -2.39. The Hall–Kier alpha value is -1.21. The molecule has 0 aliphatic carbocycles. The number of benzene rings is 1.